The van der Waals surface area contributed by atoms with Crippen molar-refractivity contribution in [2.75, 3.05) is 18.0 Å². The lowest BCUT2D eigenvalue weighted by Gasteiger charge is -2.28. The number of aliphatic hydroxyl groups is 1. The van der Waals surface area contributed by atoms with Gasteiger partial charge >= 0.3 is 5.69 Å². The topological polar surface area (TPSA) is 138 Å². The molecule has 0 aliphatic rings. The Morgan fingerprint density at radius 2 is 2.24 bits per heavy atom. The Morgan fingerprint density at radius 1 is 1.62 bits per heavy atom. The molecule has 0 fully saturated rings. The van der Waals surface area contributed by atoms with Crippen LogP contribution in [0.2, 0.25) is 0 Å². The maximum absolute atomic E-state index is 11.2. The van der Waals surface area contributed by atoms with Gasteiger partial charge in [0, 0.05) is 30.9 Å². The molecule has 0 unspecified atom stereocenters. The maximum Gasteiger partial charge on any atom is 0.312 e. The molecule has 0 aromatic carbocycles. The fourth-order valence-corrected chi connectivity index (χ4v) is 1.83. The number of likely N-dealkylation sites (N-methyl/N-ethyl adjacent to an activating group) is 1. The molecule has 4 N–H and O–H groups in total. The summed E-state index contributed by atoms with van der Waals surface area (Å²) in [5.74, 6) is -0.137. The van der Waals surface area contributed by atoms with Gasteiger partial charge < -0.3 is 20.9 Å². The van der Waals surface area contributed by atoms with Crippen LogP contribution in [-0.2, 0) is 0 Å². The number of nitrogens with zero attached hydrogens (tertiary/aromatic N) is 4. The van der Waals surface area contributed by atoms with Crippen LogP contribution in [-0.4, -0.2) is 44.7 Å². The molecule has 0 spiro atoms. The Bertz CT molecular complexity index is 553. The van der Waals surface area contributed by atoms with Crippen LogP contribution < -0.4 is 10.6 Å². The first-order valence-corrected chi connectivity index (χ1v) is 6.29. The molecule has 1 aromatic heterocycles. The van der Waals surface area contributed by atoms with E-state index in [1.54, 1.807) is 25.7 Å². The van der Waals surface area contributed by atoms with Crippen LogP contribution in [0.4, 0.5) is 11.5 Å². The highest BCUT2D eigenvalue weighted by molar-refractivity contribution is 5.97. The summed E-state index contributed by atoms with van der Waals surface area (Å²) >= 11 is 0. The molecule has 1 rings (SSSR count). The number of oxime groups is 1. The van der Waals surface area contributed by atoms with Gasteiger partial charge in [0.1, 0.15) is 0 Å². The van der Waals surface area contributed by atoms with Gasteiger partial charge in [-0.15, -0.1) is 0 Å². The molecule has 0 saturated heterocycles. The summed E-state index contributed by atoms with van der Waals surface area (Å²) in [4.78, 5) is 16.2. The minimum absolute atomic E-state index is 0.124. The molecule has 0 saturated carbocycles. The number of hydrogen-bond acceptors (Lipinski definition) is 7. The molecular weight excluding hydrogens is 278 g/mol. The Kier molecular flexibility index (Phi) is 5.03. The number of amidine groups is 1. The van der Waals surface area contributed by atoms with E-state index in [2.05, 4.69) is 10.1 Å². The van der Waals surface area contributed by atoms with Crippen LogP contribution in [0.5, 0.6) is 0 Å². The number of hydrogen-bond donors (Lipinski definition) is 3. The van der Waals surface area contributed by atoms with Crippen molar-refractivity contribution >= 4 is 17.3 Å². The molecule has 9 nitrogen and oxygen atoms in total. The zero-order valence-corrected chi connectivity index (χ0v) is 12.1. The van der Waals surface area contributed by atoms with Crippen molar-refractivity contribution in [2.24, 2.45) is 10.9 Å². The molecule has 0 aliphatic heterocycles. The van der Waals surface area contributed by atoms with Gasteiger partial charge in [-0.2, -0.15) is 0 Å². The number of nitrogens with two attached hydrogens (primary N) is 1. The first-order valence-electron chi connectivity index (χ1n) is 6.29. The van der Waals surface area contributed by atoms with Crippen molar-refractivity contribution in [1.29, 1.82) is 0 Å². The van der Waals surface area contributed by atoms with Crippen LogP contribution in [0.15, 0.2) is 17.4 Å². The molecule has 116 valence electrons. The van der Waals surface area contributed by atoms with Crippen molar-refractivity contribution in [1.82, 2.24) is 4.98 Å². The summed E-state index contributed by atoms with van der Waals surface area (Å²) in [5, 5.41) is 32.5. The summed E-state index contributed by atoms with van der Waals surface area (Å²) < 4.78 is 0. The highest BCUT2D eigenvalue weighted by Crippen LogP contribution is 2.27. The first-order chi connectivity index (χ1) is 9.69. The van der Waals surface area contributed by atoms with Gasteiger partial charge in [-0.25, -0.2) is 4.98 Å². The lowest BCUT2D eigenvalue weighted by Crippen LogP contribution is -2.39. The van der Waals surface area contributed by atoms with Crippen LogP contribution >= 0.6 is 0 Å². The SMILES string of the molecule is CCN(CC(C)(C)O)c1ncc(C(N)=NO)cc1[N+](=O)[O-]. The van der Waals surface area contributed by atoms with Crippen LogP contribution in [0.1, 0.15) is 26.3 Å². The third kappa shape index (κ3) is 4.28. The van der Waals surface area contributed by atoms with Crippen molar-refractivity contribution in [2.45, 2.75) is 26.4 Å². The number of rotatable bonds is 6. The minimum Gasteiger partial charge on any atom is -0.409 e. The minimum atomic E-state index is -1.03. The highest BCUT2D eigenvalue weighted by Gasteiger charge is 2.26. The summed E-state index contributed by atoms with van der Waals surface area (Å²) in [6.45, 7) is 5.62. The van der Waals surface area contributed by atoms with E-state index in [1.807, 2.05) is 0 Å². The van der Waals surface area contributed by atoms with Gasteiger partial charge in [-0.1, -0.05) is 5.16 Å². The average Bonchev–Trinajstić information content (AvgIpc) is 2.42. The lowest BCUT2D eigenvalue weighted by atomic mass is 10.1. The van der Waals surface area contributed by atoms with Gasteiger partial charge in [0.25, 0.3) is 0 Å². The Hall–Kier alpha value is -2.42. The van der Waals surface area contributed by atoms with Gasteiger partial charge in [-0.3, -0.25) is 10.1 Å². The standard InChI is InChI=1S/C12H19N5O4/c1-4-16(7-12(2,3)18)11-9(17(20)21)5-8(6-14-11)10(13)15-19/h5-6,18-19H,4,7H2,1-3H3,(H2,13,15). The third-order valence-electron chi connectivity index (χ3n) is 2.71. The van der Waals surface area contributed by atoms with Gasteiger partial charge in [0.15, 0.2) is 5.84 Å². The summed E-state index contributed by atoms with van der Waals surface area (Å²) in [7, 11) is 0. The zero-order valence-electron chi connectivity index (χ0n) is 12.1. The Labute approximate surface area is 121 Å². The second-order valence-corrected chi connectivity index (χ2v) is 5.14. The average molecular weight is 297 g/mol. The van der Waals surface area contributed by atoms with Crippen LogP contribution in [0.3, 0.4) is 0 Å². The van der Waals surface area contributed by atoms with E-state index in [0.29, 0.717) is 6.54 Å². The second-order valence-electron chi connectivity index (χ2n) is 5.14. The summed E-state index contributed by atoms with van der Waals surface area (Å²) in [5.41, 5.74) is 4.25. The third-order valence-corrected chi connectivity index (χ3v) is 2.71. The smallest absolute Gasteiger partial charge is 0.312 e. The van der Waals surface area contributed by atoms with Gasteiger partial charge in [0.05, 0.1) is 10.5 Å². The van der Waals surface area contributed by atoms with E-state index in [4.69, 9.17) is 10.9 Å². The molecular formula is C12H19N5O4. The van der Waals surface area contributed by atoms with E-state index < -0.39 is 10.5 Å². The molecule has 9 heteroatoms. The van der Waals surface area contributed by atoms with E-state index in [1.165, 1.54) is 12.3 Å². The zero-order chi connectivity index (χ0) is 16.2. The predicted molar refractivity (Wildman–Crippen MR) is 77.6 cm³/mol. The molecule has 0 radical (unpaired) electrons. The molecule has 0 bridgehead atoms. The molecule has 0 amide bonds. The summed E-state index contributed by atoms with van der Waals surface area (Å²) in [6.07, 6.45) is 1.28. The molecule has 21 heavy (non-hydrogen) atoms. The molecule has 1 aromatic rings. The fourth-order valence-electron chi connectivity index (χ4n) is 1.83. The maximum atomic E-state index is 11.2. The van der Waals surface area contributed by atoms with Gasteiger partial charge in [-0.05, 0) is 20.8 Å². The van der Waals surface area contributed by atoms with Crippen molar-refractivity contribution < 1.29 is 15.2 Å². The number of anilines is 1. The van der Waals surface area contributed by atoms with E-state index in [-0.39, 0.29) is 29.4 Å². The normalized spacial score (nSPS) is 12.3. The van der Waals surface area contributed by atoms with Crippen molar-refractivity contribution in [3.63, 3.8) is 0 Å². The molecule has 0 atom stereocenters. The van der Waals surface area contributed by atoms with Crippen molar-refractivity contribution in [3.05, 3.63) is 27.9 Å². The Morgan fingerprint density at radius 3 is 2.67 bits per heavy atom. The van der Waals surface area contributed by atoms with Gasteiger partial charge in [0.2, 0.25) is 5.82 Å². The Balaban J connectivity index is 3.31. The van der Waals surface area contributed by atoms with E-state index in [0.717, 1.165) is 0 Å². The first kappa shape index (κ1) is 16.6. The summed E-state index contributed by atoms with van der Waals surface area (Å²) in [6, 6.07) is 1.18. The molecule has 0 aliphatic carbocycles. The highest BCUT2D eigenvalue weighted by atomic mass is 16.6. The number of nitro groups is 1. The fraction of sp³-hybridized carbons (Fsp3) is 0.500. The monoisotopic (exact) mass is 297 g/mol. The van der Waals surface area contributed by atoms with E-state index >= 15 is 0 Å². The number of pyridine rings is 1. The largest absolute Gasteiger partial charge is 0.409 e. The lowest BCUT2D eigenvalue weighted by molar-refractivity contribution is -0.384. The van der Waals surface area contributed by atoms with Crippen molar-refractivity contribution in [3.8, 4) is 0 Å². The molecule has 1 heterocycles. The number of aromatic nitrogens is 1. The van der Waals surface area contributed by atoms with Crippen LogP contribution in [0, 0.1) is 10.1 Å². The predicted octanol–water partition coefficient (Wildman–Crippen LogP) is 0.682. The van der Waals surface area contributed by atoms with Crippen LogP contribution in [0.25, 0.3) is 0 Å². The van der Waals surface area contributed by atoms with E-state index in [9.17, 15) is 15.2 Å². The second kappa shape index (κ2) is 6.35. The quantitative estimate of drug-likeness (QED) is 0.231.